The number of hydrogen-bond acceptors (Lipinski definition) is 0. The quantitative estimate of drug-likeness (QED) is 0.630. The standard InChI is InChI=1S/C13H15Cl/c14-13-8-4-7-12(10-13)9-11-5-2-1-3-6-11/h4-5,7-8,10H,1-3,6,9H2. The fourth-order valence-corrected chi connectivity index (χ4v) is 2.19. The van der Waals surface area contributed by atoms with Gasteiger partial charge in [0.25, 0.3) is 0 Å². The minimum Gasteiger partial charge on any atom is -0.0850 e. The Bertz CT molecular complexity index is 339. The number of allylic oxidation sites excluding steroid dienone is 2. The molecule has 0 amide bonds. The van der Waals surface area contributed by atoms with Crippen LogP contribution >= 0.6 is 11.6 Å². The largest absolute Gasteiger partial charge is 0.0850 e. The van der Waals surface area contributed by atoms with Crippen molar-refractivity contribution in [3.63, 3.8) is 0 Å². The van der Waals surface area contributed by atoms with Crippen molar-refractivity contribution in [3.05, 3.63) is 46.5 Å². The lowest BCUT2D eigenvalue weighted by Crippen LogP contribution is -1.95. The third-order valence-electron chi connectivity index (χ3n) is 2.71. The first kappa shape index (κ1) is 9.79. The molecule has 0 heterocycles. The molecule has 0 bridgehead atoms. The average Bonchev–Trinajstić information content (AvgIpc) is 2.19. The van der Waals surface area contributed by atoms with Gasteiger partial charge in [-0.1, -0.05) is 35.4 Å². The van der Waals surface area contributed by atoms with Crippen molar-refractivity contribution >= 4 is 11.6 Å². The molecule has 1 aromatic rings. The minimum atomic E-state index is 0.846. The molecule has 74 valence electrons. The molecule has 0 saturated carbocycles. The van der Waals surface area contributed by atoms with Crippen LogP contribution in [0.4, 0.5) is 0 Å². The van der Waals surface area contributed by atoms with E-state index in [1.54, 1.807) is 5.57 Å². The van der Waals surface area contributed by atoms with Crippen molar-refractivity contribution in [2.75, 3.05) is 0 Å². The first-order valence-electron chi connectivity index (χ1n) is 5.27. The lowest BCUT2D eigenvalue weighted by atomic mass is 9.94. The molecular weight excluding hydrogens is 192 g/mol. The highest BCUT2D eigenvalue weighted by Crippen LogP contribution is 2.22. The Hall–Kier alpha value is -0.750. The van der Waals surface area contributed by atoms with Crippen LogP contribution in [0.15, 0.2) is 35.9 Å². The highest BCUT2D eigenvalue weighted by atomic mass is 35.5. The van der Waals surface area contributed by atoms with Gasteiger partial charge in [0, 0.05) is 5.02 Å². The molecule has 0 fully saturated rings. The van der Waals surface area contributed by atoms with Gasteiger partial charge in [0.1, 0.15) is 0 Å². The first-order valence-corrected chi connectivity index (χ1v) is 5.65. The van der Waals surface area contributed by atoms with Gasteiger partial charge in [0.15, 0.2) is 0 Å². The van der Waals surface area contributed by atoms with E-state index in [0.29, 0.717) is 0 Å². The molecule has 0 atom stereocenters. The van der Waals surface area contributed by atoms with Crippen molar-refractivity contribution in [2.24, 2.45) is 0 Å². The van der Waals surface area contributed by atoms with Gasteiger partial charge in [-0.25, -0.2) is 0 Å². The van der Waals surface area contributed by atoms with Crippen molar-refractivity contribution in [3.8, 4) is 0 Å². The van der Waals surface area contributed by atoms with Crippen LogP contribution in [-0.4, -0.2) is 0 Å². The van der Waals surface area contributed by atoms with E-state index in [1.807, 2.05) is 12.1 Å². The summed E-state index contributed by atoms with van der Waals surface area (Å²) in [4.78, 5) is 0. The molecule has 0 N–H and O–H groups in total. The van der Waals surface area contributed by atoms with Crippen molar-refractivity contribution in [2.45, 2.75) is 32.1 Å². The highest BCUT2D eigenvalue weighted by molar-refractivity contribution is 6.30. The molecule has 0 saturated heterocycles. The Labute approximate surface area is 90.6 Å². The van der Waals surface area contributed by atoms with Crippen LogP contribution in [-0.2, 0) is 6.42 Å². The van der Waals surface area contributed by atoms with Gasteiger partial charge < -0.3 is 0 Å². The molecule has 14 heavy (non-hydrogen) atoms. The molecule has 0 radical (unpaired) electrons. The van der Waals surface area contributed by atoms with Crippen LogP contribution in [0.3, 0.4) is 0 Å². The van der Waals surface area contributed by atoms with Crippen molar-refractivity contribution in [1.29, 1.82) is 0 Å². The number of halogens is 1. The molecule has 1 aliphatic rings. The van der Waals surface area contributed by atoms with Crippen LogP contribution in [0.1, 0.15) is 31.2 Å². The zero-order chi connectivity index (χ0) is 9.80. The van der Waals surface area contributed by atoms with Gasteiger partial charge >= 0.3 is 0 Å². The van der Waals surface area contributed by atoms with E-state index >= 15 is 0 Å². The van der Waals surface area contributed by atoms with E-state index in [2.05, 4.69) is 18.2 Å². The lowest BCUT2D eigenvalue weighted by molar-refractivity contribution is 0.688. The van der Waals surface area contributed by atoms with Crippen molar-refractivity contribution < 1.29 is 0 Å². The summed E-state index contributed by atoms with van der Waals surface area (Å²) in [6.45, 7) is 0. The summed E-state index contributed by atoms with van der Waals surface area (Å²) in [5.41, 5.74) is 2.92. The van der Waals surface area contributed by atoms with E-state index in [0.717, 1.165) is 11.4 Å². The Kier molecular flexibility index (Phi) is 3.26. The van der Waals surface area contributed by atoms with E-state index in [4.69, 9.17) is 11.6 Å². The fraction of sp³-hybridized carbons (Fsp3) is 0.385. The van der Waals surface area contributed by atoms with E-state index in [9.17, 15) is 0 Å². The second kappa shape index (κ2) is 4.65. The topological polar surface area (TPSA) is 0 Å². The lowest BCUT2D eigenvalue weighted by Gasteiger charge is -2.12. The molecule has 0 aromatic heterocycles. The smallest absolute Gasteiger partial charge is 0.0408 e. The zero-order valence-electron chi connectivity index (χ0n) is 8.30. The maximum Gasteiger partial charge on any atom is 0.0408 e. The van der Waals surface area contributed by atoms with Crippen LogP contribution in [0.25, 0.3) is 0 Å². The Morgan fingerprint density at radius 2 is 2.14 bits per heavy atom. The molecule has 2 rings (SSSR count). The summed E-state index contributed by atoms with van der Waals surface area (Å²) in [6.07, 6.45) is 8.72. The number of rotatable bonds is 2. The summed E-state index contributed by atoms with van der Waals surface area (Å²) < 4.78 is 0. The van der Waals surface area contributed by atoms with Crippen LogP contribution in [0.2, 0.25) is 5.02 Å². The monoisotopic (exact) mass is 206 g/mol. The van der Waals surface area contributed by atoms with Gasteiger partial charge in [0.05, 0.1) is 0 Å². The summed E-state index contributed by atoms with van der Waals surface area (Å²) in [5, 5.41) is 0.846. The summed E-state index contributed by atoms with van der Waals surface area (Å²) in [6, 6.07) is 8.18. The second-order valence-corrected chi connectivity index (χ2v) is 4.35. The zero-order valence-corrected chi connectivity index (χ0v) is 9.06. The van der Waals surface area contributed by atoms with Gasteiger partial charge in [0.2, 0.25) is 0 Å². The van der Waals surface area contributed by atoms with Crippen LogP contribution in [0, 0.1) is 0 Å². The van der Waals surface area contributed by atoms with E-state index < -0.39 is 0 Å². The molecule has 0 spiro atoms. The van der Waals surface area contributed by atoms with E-state index in [-0.39, 0.29) is 0 Å². The Morgan fingerprint density at radius 3 is 2.86 bits per heavy atom. The third kappa shape index (κ3) is 2.62. The van der Waals surface area contributed by atoms with Crippen molar-refractivity contribution in [1.82, 2.24) is 0 Å². The molecular formula is C13H15Cl. The fourth-order valence-electron chi connectivity index (χ4n) is 1.97. The third-order valence-corrected chi connectivity index (χ3v) is 2.94. The summed E-state index contributed by atoms with van der Waals surface area (Å²) in [7, 11) is 0. The predicted octanol–water partition coefficient (Wildman–Crippen LogP) is 4.38. The molecule has 0 nitrogen and oxygen atoms in total. The Morgan fingerprint density at radius 1 is 1.21 bits per heavy atom. The number of benzene rings is 1. The molecule has 1 heteroatoms. The van der Waals surface area contributed by atoms with Gasteiger partial charge in [-0.2, -0.15) is 0 Å². The van der Waals surface area contributed by atoms with E-state index in [1.165, 1.54) is 31.2 Å². The normalized spacial score (nSPS) is 16.5. The predicted molar refractivity (Wildman–Crippen MR) is 61.7 cm³/mol. The minimum absolute atomic E-state index is 0.846. The van der Waals surface area contributed by atoms with Gasteiger partial charge in [-0.3, -0.25) is 0 Å². The van der Waals surface area contributed by atoms with Crippen LogP contribution < -0.4 is 0 Å². The molecule has 1 aliphatic carbocycles. The Balaban J connectivity index is 2.06. The summed E-state index contributed by atoms with van der Waals surface area (Å²) >= 11 is 5.94. The molecule has 1 aromatic carbocycles. The first-order chi connectivity index (χ1) is 6.84. The maximum absolute atomic E-state index is 5.94. The average molecular weight is 207 g/mol. The summed E-state index contributed by atoms with van der Waals surface area (Å²) in [5.74, 6) is 0. The SMILES string of the molecule is Clc1cccc(CC2=CCCCC2)c1. The second-order valence-electron chi connectivity index (χ2n) is 3.91. The highest BCUT2D eigenvalue weighted by Gasteiger charge is 2.04. The van der Waals surface area contributed by atoms with Gasteiger partial charge in [-0.05, 0) is 49.8 Å². The number of hydrogen-bond donors (Lipinski definition) is 0. The maximum atomic E-state index is 5.94. The van der Waals surface area contributed by atoms with Gasteiger partial charge in [-0.15, -0.1) is 0 Å². The van der Waals surface area contributed by atoms with Crippen LogP contribution in [0.5, 0.6) is 0 Å². The molecule has 0 unspecified atom stereocenters. The molecule has 0 aliphatic heterocycles.